The van der Waals surface area contributed by atoms with Crippen LogP contribution in [-0.2, 0) is 0 Å². The van der Waals surface area contributed by atoms with Crippen molar-refractivity contribution >= 4 is 23.2 Å². The van der Waals surface area contributed by atoms with Gasteiger partial charge in [-0.1, -0.05) is 23.2 Å². The van der Waals surface area contributed by atoms with Gasteiger partial charge in [0.05, 0.1) is 21.9 Å². The minimum atomic E-state index is -0.490. The van der Waals surface area contributed by atoms with Gasteiger partial charge in [-0.2, -0.15) is 0 Å². The average molecular weight is 328 g/mol. The predicted octanol–water partition coefficient (Wildman–Crippen LogP) is 4.51. The lowest BCUT2D eigenvalue weighted by Gasteiger charge is -2.24. The van der Waals surface area contributed by atoms with Crippen molar-refractivity contribution in [3.05, 3.63) is 40.0 Å². The molecule has 1 aromatic carbocycles. The Hall–Kier alpha value is -1.10. The zero-order valence-corrected chi connectivity index (χ0v) is 12.9. The van der Waals surface area contributed by atoms with Gasteiger partial charge in [0.2, 0.25) is 0 Å². The van der Waals surface area contributed by atoms with Gasteiger partial charge in [0.15, 0.2) is 0 Å². The van der Waals surface area contributed by atoms with Crippen molar-refractivity contribution in [2.45, 2.75) is 37.6 Å². The van der Waals surface area contributed by atoms with Gasteiger partial charge in [-0.05, 0) is 37.8 Å². The van der Waals surface area contributed by atoms with Crippen LogP contribution in [0.5, 0.6) is 0 Å². The number of nitrogens with two attached hydrogens (primary N) is 1. The number of aromatic amines is 1. The number of nitrogens with zero attached hydrogens (tertiary/aromatic N) is 1. The molecule has 3 N–H and O–H groups in total. The molecule has 1 heterocycles. The average Bonchev–Trinajstić information content (AvgIpc) is 2.93. The molecule has 0 amide bonds. The molecule has 2 aromatic rings. The minimum Gasteiger partial charge on any atom is -0.342 e. The first kappa shape index (κ1) is 14.8. The van der Waals surface area contributed by atoms with E-state index in [1.54, 1.807) is 6.20 Å². The molecule has 3 rings (SSSR count). The van der Waals surface area contributed by atoms with Crippen LogP contribution in [0, 0.1) is 5.82 Å². The van der Waals surface area contributed by atoms with Crippen LogP contribution >= 0.6 is 23.2 Å². The first-order chi connectivity index (χ1) is 10.0. The molecule has 6 heteroatoms. The van der Waals surface area contributed by atoms with Gasteiger partial charge in [-0.3, -0.25) is 0 Å². The van der Waals surface area contributed by atoms with E-state index in [1.807, 2.05) is 0 Å². The van der Waals surface area contributed by atoms with E-state index in [0.717, 1.165) is 31.5 Å². The predicted molar refractivity (Wildman–Crippen MR) is 83.2 cm³/mol. The van der Waals surface area contributed by atoms with E-state index in [0.29, 0.717) is 28.2 Å². The molecule has 112 valence electrons. The molecule has 0 unspecified atom stereocenters. The van der Waals surface area contributed by atoms with Crippen LogP contribution in [0.4, 0.5) is 4.39 Å². The lowest BCUT2D eigenvalue weighted by Crippen LogP contribution is -2.26. The summed E-state index contributed by atoms with van der Waals surface area (Å²) in [6.45, 7) is 0. The maximum Gasteiger partial charge on any atom is 0.142 e. The van der Waals surface area contributed by atoms with Crippen LogP contribution in [-0.4, -0.2) is 16.0 Å². The van der Waals surface area contributed by atoms with Crippen LogP contribution in [0.25, 0.3) is 11.3 Å². The summed E-state index contributed by atoms with van der Waals surface area (Å²) in [5.41, 5.74) is 7.20. The minimum absolute atomic E-state index is 0.0183. The highest BCUT2D eigenvalue weighted by molar-refractivity contribution is 6.36. The van der Waals surface area contributed by atoms with Gasteiger partial charge in [-0.15, -0.1) is 0 Å². The lowest BCUT2D eigenvalue weighted by atomic mass is 9.86. The second kappa shape index (κ2) is 5.95. The molecule has 0 atom stereocenters. The van der Waals surface area contributed by atoms with Gasteiger partial charge >= 0.3 is 0 Å². The van der Waals surface area contributed by atoms with Crippen molar-refractivity contribution in [2.75, 3.05) is 0 Å². The smallest absolute Gasteiger partial charge is 0.142 e. The fraction of sp³-hybridized carbons (Fsp3) is 0.400. The summed E-state index contributed by atoms with van der Waals surface area (Å²) in [6, 6.07) is 3.04. The molecule has 1 aliphatic rings. The number of imidazole rings is 1. The molecule has 1 aliphatic carbocycles. The third kappa shape index (κ3) is 3.07. The maximum absolute atomic E-state index is 13.6. The Morgan fingerprint density at radius 3 is 2.57 bits per heavy atom. The summed E-state index contributed by atoms with van der Waals surface area (Å²) in [7, 11) is 0. The molecule has 1 fully saturated rings. The third-order valence-electron chi connectivity index (χ3n) is 4.05. The highest BCUT2D eigenvalue weighted by atomic mass is 35.5. The number of rotatable bonds is 2. The monoisotopic (exact) mass is 327 g/mol. The molecule has 0 spiro atoms. The highest BCUT2D eigenvalue weighted by Gasteiger charge is 2.22. The Balaban J connectivity index is 1.87. The number of halogens is 3. The van der Waals surface area contributed by atoms with Crippen molar-refractivity contribution in [3.63, 3.8) is 0 Å². The highest BCUT2D eigenvalue weighted by Crippen LogP contribution is 2.34. The van der Waals surface area contributed by atoms with Crippen LogP contribution in [0.3, 0.4) is 0 Å². The van der Waals surface area contributed by atoms with E-state index >= 15 is 0 Å². The topological polar surface area (TPSA) is 54.7 Å². The van der Waals surface area contributed by atoms with Crippen LogP contribution in [0.1, 0.15) is 37.4 Å². The fourth-order valence-electron chi connectivity index (χ4n) is 2.80. The Kier molecular flexibility index (Phi) is 4.20. The van der Waals surface area contributed by atoms with Crippen molar-refractivity contribution in [1.29, 1.82) is 0 Å². The van der Waals surface area contributed by atoms with E-state index in [4.69, 9.17) is 28.9 Å². The quantitative estimate of drug-likeness (QED) is 0.797. The molecule has 1 saturated carbocycles. The van der Waals surface area contributed by atoms with Crippen molar-refractivity contribution in [1.82, 2.24) is 9.97 Å². The number of aromatic nitrogens is 2. The van der Waals surface area contributed by atoms with Crippen LogP contribution in [0.2, 0.25) is 10.0 Å². The van der Waals surface area contributed by atoms with Crippen molar-refractivity contribution in [2.24, 2.45) is 5.73 Å². The summed E-state index contributed by atoms with van der Waals surface area (Å²) in [5.74, 6) is 0.814. The lowest BCUT2D eigenvalue weighted by molar-refractivity contribution is 0.386. The zero-order chi connectivity index (χ0) is 15.0. The molecule has 0 saturated heterocycles. The molecule has 3 nitrogen and oxygen atoms in total. The van der Waals surface area contributed by atoms with Crippen molar-refractivity contribution in [3.8, 4) is 11.3 Å². The number of hydrogen-bond acceptors (Lipinski definition) is 2. The van der Waals surface area contributed by atoms with Gasteiger partial charge in [0.1, 0.15) is 11.6 Å². The number of benzene rings is 1. The zero-order valence-electron chi connectivity index (χ0n) is 11.4. The third-order valence-corrected chi connectivity index (χ3v) is 4.66. The number of nitrogens with one attached hydrogen (secondary N) is 1. The Morgan fingerprint density at radius 2 is 1.86 bits per heavy atom. The van der Waals surface area contributed by atoms with E-state index < -0.39 is 5.82 Å². The Labute approximate surface area is 132 Å². The molecule has 0 bridgehead atoms. The first-order valence-electron chi connectivity index (χ1n) is 7.00. The summed E-state index contributed by atoms with van der Waals surface area (Å²) in [4.78, 5) is 7.68. The Bertz CT molecular complexity index is 648. The molecule has 21 heavy (non-hydrogen) atoms. The second-order valence-electron chi connectivity index (χ2n) is 5.54. The maximum atomic E-state index is 13.6. The standard InChI is InChI=1S/C15H16Cl2FN3/c16-11-6-12(17)13(18)5-10(11)14-7-20-15(21-14)8-1-3-9(19)4-2-8/h5-9H,1-4,19H2,(H,20,21). The molecule has 1 aromatic heterocycles. The van der Waals surface area contributed by atoms with E-state index in [2.05, 4.69) is 9.97 Å². The molecular formula is C15H16Cl2FN3. The van der Waals surface area contributed by atoms with Gasteiger partial charge < -0.3 is 10.7 Å². The second-order valence-corrected chi connectivity index (χ2v) is 6.35. The van der Waals surface area contributed by atoms with Gasteiger partial charge in [0, 0.05) is 17.5 Å². The van der Waals surface area contributed by atoms with E-state index in [9.17, 15) is 4.39 Å². The van der Waals surface area contributed by atoms with Crippen LogP contribution < -0.4 is 5.73 Å². The Morgan fingerprint density at radius 1 is 1.14 bits per heavy atom. The largest absolute Gasteiger partial charge is 0.342 e. The van der Waals surface area contributed by atoms with Crippen LogP contribution in [0.15, 0.2) is 18.3 Å². The first-order valence-corrected chi connectivity index (χ1v) is 7.75. The molecule has 0 aliphatic heterocycles. The summed E-state index contributed by atoms with van der Waals surface area (Å²) in [5, 5.41) is 0.423. The van der Waals surface area contributed by atoms with E-state index in [-0.39, 0.29) is 5.02 Å². The van der Waals surface area contributed by atoms with E-state index in [1.165, 1.54) is 12.1 Å². The van der Waals surface area contributed by atoms with Gasteiger partial charge in [-0.25, -0.2) is 9.37 Å². The normalized spacial score (nSPS) is 22.5. The summed E-state index contributed by atoms with van der Waals surface area (Å²) >= 11 is 11.9. The molecular weight excluding hydrogens is 312 g/mol. The van der Waals surface area contributed by atoms with Crippen molar-refractivity contribution < 1.29 is 4.39 Å². The van der Waals surface area contributed by atoms with Gasteiger partial charge in [0.25, 0.3) is 0 Å². The number of H-pyrrole nitrogens is 1. The summed E-state index contributed by atoms with van der Waals surface area (Å²) in [6.07, 6.45) is 5.76. The summed E-state index contributed by atoms with van der Waals surface area (Å²) < 4.78 is 13.6. The number of hydrogen-bond donors (Lipinski definition) is 2. The SMILES string of the molecule is NC1CCC(c2ncc(-c3cc(F)c(Cl)cc3Cl)[nH]2)CC1. The fourth-order valence-corrected chi connectivity index (χ4v) is 3.29. The molecule has 0 radical (unpaired) electrons.